The number of aromatic nitrogens is 1. The summed E-state index contributed by atoms with van der Waals surface area (Å²) < 4.78 is 0. The molecule has 0 bridgehead atoms. The van der Waals surface area contributed by atoms with E-state index >= 15 is 0 Å². The first-order valence-corrected chi connectivity index (χ1v) is 7.74. The highest BCUT2D eigenvalue weighted by Crippen LogP contribution is 2.49. The van der Waals surface area contributed by atoms with E-state index < -0.39 is 0 Å². The molecule has 1 heteroatoms. The summed E-state index contributed by atoms with van der Waals surface area (Å²) in [6, 6.07) is 12.9. The van der Waals surface area contributed by atoms with Gasteiger partial charge in [0.15, 0.2) is 0 Å². The van der Waals surface area contributed by atoms with Gasteiger partial charge in [-0.25, -0.2) is 0 Å². The fourth-order valence-electron chi connectivity index (χ4n) is 3.05. The molecule has 100 valence electrons. The molecule has 2 aromatic rings. The number of nitrogens with zero attached hydrogens (tertiary/aromatic N) is 1. The van der Waals surface area contributed by atoms with Crippen LogP contribution in [0.4, 0.5) is 0 Å². The second-order valence-corrected chi connectivity index (χ2v) is 5.88. The molecule has 0 aliphatic heterocycles. The molecule has 1 aromatic heterocycles. The molecule has 1 saturated carbocycles. The van der Waals surface area contributed by atoms with E-state index in [1.165, 1.54) is 49.6 Å². The molecule has 1 aromatic carbocycles. The molecular weight excluding hydrogens is 230 g/mol. The molecule has 0 radical (unpaired) electrons. The van der Waals surface area contributed by atoms with E-state index in [0.717, 1.165) is 17.4 Å². The maximum absolute atomic E-state index is 4.83. The lowest BCUT2D eigenvalue weighted by Gasteiger charge is -2.03. The lowest BCUT2D eigenvalue weighted by molar-refractivity contribution is 0.587. The number of rotatable bonds is 6. The molecule has 1 heterocycles. The van der Waals surface area contributed by atoms with E-state index in [1.807, 2.05) is 0 Å². The van der Waals surface area contributed by atoms with Gasteiger partial charge < -0.3 is 0 Å². The predicted molar refractivity (Wildman–Crippen MR) is 81.4 cm³/mol. The fourth-order valence-corrected chi connectivity index (χ4v) is 3.05. The third-order valence-corrected chi connectivity index (χ3v) is 4.35. The molecule has 1 aliphatic carbocycles. The van der Waals surface area contributed by atoms with Crippen molar-refractivity contribution in [2.75, 3.05) is 0 Å². The van der Waals surface area contributed by atoms with Crippen molar-refractivity contribution in [2.24, 2.45) is 5.92 Å². The third kappa shape index (κ3) is 2.97. The molecule has 19 heavy (non-hydrogen) atoms. The van der Waals surface area contributed by atoms with Crippen LogP contribution in [-0.2, 0) is 0 Å². The maximum atomic E-state index is 4.83. The van der Waals surface area contributed by atoms with Gasteiger partial charge in [0.2, 0.25) is 0 Å². The van der Waals surface area contributed by atoms with Gasteiger partial charge in [-0.2, -0.15) is 0 Å². The van der Waals surface area contributed by atoms with E-state index in [4.69, 9.17) is 4.98 Å². The summed E-state index contributed by atoms with van der Waals surface area (Å²) in [5.41, 5.74) is 2.47. The average Bonchev–Trinajstić information content (AvgIpc) is 3.23. The lowest BCUT2D eigenvalue weighted by Crippen LogP contribution is -1.90. The largest absolute Gasteiger partial charge is 0.253 e. The highest BCUT2D eigenvalue weighted by atomic mass is 14.7. The molecule has 0 saturated heterocycles. The minimum Gasteiger partial charge on any atom is -0.253 e. The van der Waals surface area contributed by atoms with Crippen LogP contribution < -0.4 is 0 Å². The molecule has 0 spiro atoms. The van der Waals surface area contributed by atoms with Crippen molar-refractivity contribution >= 4 is 10.9 Å². The Labute approximate surface area is 116 Å². The highest BCUT2D eigenvalue weighted by Gasteiger charge is 2.38. The summed E-state index contributed by atoms with van der Waals surface area (Å²) in [7, 11) is 0. The zero-order valence-corrected chi connectivity index (χ0v) is 11.8. The Bertz CT molecular complexity index is 546. The second kappa shape index (κ2) is 5.73. The summed E-state index contributed by atoms with van der Waals surface area (Å²) in [4.78, 5) is 4.83. The van der Waals surface area contributed by atoms with Gasteiger partial charge in [-0.15, -0.1) is 0 Å². The van der Waals surface area contributed by atoms with Crippen molar-refractivity contribution in [1.29, 1.82) is 0 Å². The Morgan fingerprint density at radius 3 is 2.84 bits per heavy atom. The maximum Gasteiger partial charge on any atom is 0.0705 e. The molecule has 3 rings (SSSR count). The molecule has 2 atom stereocenters. The van der Waals surface area contributed by atoms with Crippen LogP contribution in [0.25, 0.3) is 10.9 Å². The first-order chi connectivity index (χ1) is 9.38. The number of benzene rings is 1. The van der Waals surface area contributed by atoms with Gasteiger partial charge in [0.05, 0.1) is 5.52 Å². The molecule has 1 nitrogen and oxygen atoms in total. The van der Waals surface area contributed by atoms with E-state index in [1.54, 1.807) is 0 Å². The van der Waals surface area contributed by atoms with Crippen molar-refractivity contribution < 1.29 is 0 Å². The number of hydrogen-bond acceptors (Lipinski definition) is 1. The van der Waals surface area contributed by atoms with Crippen LogP contribution in [0.3, 0.4) is 0 Å². The van der Waals surface area contributed by atoms with Gasteiger partial charge in [0.1, 0.15) is 0 Å². The van der Waals surface area contributed by atoms with E-state index in [9.17, 15) is 0 Å². The molecule has 0 amide bonds. The summed E-state index contributed by atoms with van der Waals surface area (Å²) in [5, 5.41) is 1.26. The molecule has 1 fully saturated rings. The Kier molecular flexibility index (Phi) is 3.82. The van der Waals surface area contributed by atoms with Gasteiger partial charge in [-0.05, 0) is 30.9 Å². The van der Waals surface area contributed by atoms with Crippen LogP contribution in [0.15, 0.2) is 36.4 Å². The second-order valence-electron chi connectivity index (χ2n) is 5.88. The van der Waals surface area contributed by atoms with Crippen LogP contribution in [0, 0.1) is 5.92 Å². The monoisotopic (exact) mass is 253 g/mol. The van der Waals surface area contributed by atoms with Crippen LogP contribution in [0.5, 0.6) is 0 Å². The first-order valence-electron chi connectivity index (χ1n) is 7.74. The number of fused-ring (bicyclic) bond motifs is 1. The zero-order chi connectivity index (χ0) is 13.1. The Morgan fingerprint density at radius 2 is 1.95 bits per heavy atom. The Morgan fingerprint density at radius 1 is 1.05 bits per heavy atom. The van der Waals surface area contributed by atoms with Crippen molar-refractivity contribution in [3.63, 3.8) is 0 Å². The van der Waals surface area contributed by atoms with Gasteiger partial charge >= 0.3 is 0 Å². The van der Waals surface area contributed by atoms with E-state index in [0.29, 0.717) is 0 Å². The number of unbranched alkanes of at least 4 members (excludes halogenated alkanes) is 3. The number of pyridine rings is 1. The van der Waals surface area contributed by atoms with Crippen LogP contribution in [0.1, 0.15) is 57.1 Å². The number of para-hydroxylation sites is 1. The SMILES string of the molecule is CCCCCCC1CC1c1ccc2ccccc2n1. The minimum absolute atomic E-state index is 0.742. The quantitative estimate of drug-likeness (QED) is 0.636. The molecule has 1 aliphatic rings. The van der Waals surface area contributed by atoms with Crippen LogP contribution >= 0.6 is 0 Å². The van der Waals surface area contributed by atoms with Crippen molar-refractivity contribution in [3.05, 3.63) is 42.1 Å². The highest BCUT2D eigenvalue weighted by molar-refractivity contribution is 5.78. The van der Waals surface area contributed by atoms with Gasteiger partial charge in [-0.3, -0.25) is 4.98 Å². The van der Waals surface area contributed by atoms with Crippen molar-refractivity contribution in [1.82, 2.24) is 4.98 Å². The van der Waals surface area contributed by atoms with Gasteiger partial charge in [0.25, 0.3) is 0 Å². The normalized spacial score (nSPS) is 21.7. The third-order valence-electron chi connectivity index (χ3n) is 4.35. The van der Waals surface area contributed by atoms with Gasteiger partial charge in [-0.1, -0.05) is 56.9 Å². The zero-order valence-electron chi connectivity index (χ0n) is 11.8. The van der Waals surface area contributed by atoms with Gasteiger partial charge in [0, 0.05) is 17.0 Å². The fraction of sp³-hybridized carbons (Fsp3) is 0.500. The van der Waals surface area contributed by atoms with E-state index in [2.05, 4.69) is 43.3 Å². The van der Waals surface area contributed by atoms with Crippen molar-refractivity contribution in [2.45, 2.75) is 51.4 Å². The summed E-state index contributed by atoms with van der Waals surface area (Å²) >= 11 is 0. The predicted octanol–water partition coefficient (Wildman–Crippen LogP) is 5.31. The minimum atomic E-state index is 0.742. The first kappa shape index (κ1) is 12.7. The Hall–Kier alpha value is -1.37. The lowest BCUT2D eigenvalue weighted by atomic mass is 10.1. The summed E-state index contributed by atoms with van der Waals surface area (Å²) in [6.45, 7) is 2.28. The summed E-state index contributed by atoms with van der Waals surface area (Å²) in [6.07, 6.45) is 8.30. The molecule has 0 N–H and O–H groups in total. The van der Waals surface area contributed by atoms with E-state index in [-0.39, 0.29) is 0 Å². The average molecular weight is 253 g/mol. The molecule has 2 unspecified atom stereocenters. The number of hydrogen-bond donors (Lipinski definition) is 0. The van der Waals surface area contributed by atoms with Crippen LogP contribution in [0.2, 0.25) is 0 Å². The summed E-state index contributed by atoms with van der Waals surface area (Å²) in [5.74, 6) is 1.65. The van der Waals surface area contributed by atoms with Crippen molar-refractivity contribution in [3.8, 4) is 0 Å². The topological polar surface area (TPSA) is 12.9 Å². The Balaban J connectivity index is 1.60. The van der Waals surface area contributed by atoms with Crippen LogP contribution in [-0.4, -0.2) is 4.98 Å². The molecular formula is C18H23N. The standard InChI is InChI=1S/C18H23N/c1-2-3-4-5-9-15-13-16(15)18-12-11-14-8-6-7-10-17(14)19-18/h6-8,10-12,15-16H,2-5,9,13H2,1H3. The smallest absolute Gasteiger partial charge is 0.0705 e.